The lowest BCUT2D eigenvalue weighted by atomic mass is 10.1. The van der Waals surface area contributed by atoms with Crippen molar-refractivity contribution in [1.82, 2.24) is 14.5 Å². The Kier molecular flexibility index (Phi) is 4.99. The monoisotopic (exact) mass is 390 g/mol. The van der Waals surface area contributed by atoms with Crippen LogP contribution in [0.25, 0.3) is 22.2 Å². The van der Waals surface area contributed by atoms with Crippen LogP contribution in [0.2, 0.25) is 0 Å². The molecule has 140 valence electrons. The van der Waals surface area contributed by atoms with E-state index in [9.17, 15) is 9.59 Å². The van der Waals surface area contributed by atoms with Gasteiger partial charge in [0.1, 0.15) is 0 Å². The van der Waals surface area contributed by atoms with Crippen molar-refractivity contribution in [1.29, 1.82) is 0 Å². The number of carbonyl (C=O) groups excluding carboxylic acids is 2. The highest BCUT2D eigenvalue weighted by Gasteiger charge is 2.13. The molecule has 1 aromatic carbocycles. The molecule has 0 saturated heterocycles. The third-order valence-electron chi connectivity index (χ3n) is 4.46. The Morgan fingerprint density at radius 2 is 2.04 bits per heavy atom. The van der Waals surface area contributed by atoms with Gasteiger partial charge in [-0.15, -0.1) is 11.3 Å². The number of thiazole rings is 1. The van der Waals surface area contributed by atoms with Crippen LogP contribution in [0, 0.1) is 0 Å². The van der Waals surface area contributed by atoms with Gasteiger partial charge < -0.3 is 9.88 Å². The van der Waals surface area contributed by atoms with Gasteiger partial charge in [-0.1, -0.05) is 18.2 Å². The number of amides is 1. The van der Waals surface area contributed by atoms with E-state index >= 15 is 0 Å². The molecule has 7 heteroatoms. The summed E-state index contributed by atoms with van der Waals surface area (Å²) in [6.07, 6.45) is 5.56. The summed E-state index contributed by atoms with van der Waals surface area (Å²) in [5, 5.41) is 6.22. The fourth-order valence-electron chi connectivity index (χ4n) is 3.09. The molecule has 0 aliphatic rings. The molecule has 28 heavy (non-hydrogen) atoms. The lowest BCUT2D eigenvalue weighted by Crippen LogP contribution is -2.14. The standard InChI is InChI=1S/C21H18N4O2S/c1-14(26)17-12-25(19-7-3-2-6-16(17)19)10-8-20(27)24-21-23-18(13-28-21)15-5-4-9-22-11-15/h2-7,9,11-13H,8,10H2,1H3,(H,23,24,27). The first kappa shape index (κ1) is 18.1. The van der Waals surface area contributed by atoms with Gasteiger partial charge in [0, 0.05) is 59.0 Å². The summed E-state index contributed by atoms with van der Waals surface area (Å²) in [7, 11) is 0. The summed E-state index contributed by atoms with van der Waals surface area (Å²) in [4.78, 5) is 32.8. The molecule has 1 amide bonds. The average Bonchev–Trinajstić information content (AvgIpc) is 3.32. The molecule has 6 nitrogen and oxygen atoms in total. The Morgan fingerprint density at radius 1 is 1.18 bits per heavy atom. The summed E-state index contributed by atoms with van der Waals surface area (Å²) in [6.45, 7) is 2.04. The highest BCUT2D eigenvalue weighted by Crippen LogP contribution is 2.25. The van der Waals surface area contributed by atoms with Crippen LogP contribution in [-0.2, 0) is 11.3 Å². The number of rotatable bonds is 6. The smallest absolute Gasteiger partial charge is 0.227 e. The number of hydrogen-bond acceptors (Lipinski definition) is 5. The maximum absolute atomic E-state index is 12.4. The number of aromatic nitrogens is 3. The minimum absolute atomic E-state index is 0.0186. The van der Waals surface area contributed by atoms with Gasteiger partial charge in [0.05, 0.1) is 5.69 Å². The SMILES string of the molecule is CC(=O)c1cn(CCC(=O)Nc2nc(-c3cccnc3)cs2)c2ccccc12. The summed E-state index contributed by atoms with van der Waals surface area (Å²) >= 11 is 1.38. The highest BCUT2D eigenvalue weighted by molar-refractivity contribution is 7.14. The average molecular weight is 390 g/mol. The van der Waals surface area contributed by atoms with Crippen molar-refractivity contribution >= 4 is 39.1 Å². The Labute approximate surface area is 165 Å². The number of benzene rings is 1. The van der Waals surface area contributed by atoms with Crippen molar-refractivity contribution in [3.63, 3.8) is 0 Å². The normalized spacial score (nSPS) is 10.9. The van der Waals surface area contributed by atoms with E-state index in [0.717, 1.165) is 22.2 Å². The van der Waals surface area contributed by atoms with E-state index in [4.69, 9.17) is 0 Å². The number of hydrogen-bond donors (Lipinski definition) is 1. The Hall–Kier alpha value is -3.32. The maximum Gasteiger partial charge on any atom is 0.227 e. The second-order valence-corrected chi connectivity index (χ2v) is 7.25. The first-order chi connectivity index (χ1) is 13.6. The van der Waals surface area contributed by atoms with Gasteiger partial charge in [0.25, 0.3) is 0 Å². The lowest BCUT2D eigenvalue weighted by Gasteiger charge is -2.05. The zero-order chi connectivity index (χ0) is 19.5. The summed E-state index contributed by atoms with van der Waals surface area (Å²) in [5.41, 5.74) is 3.33. The number of pyridine rings is 1. The molecule has 0 radical (unpaired) electrons. The van der Waals surface area contributed by atoms with Crippen LogP contribution in [-0.4, -0.2) is 26.2 Å². The number of Topliss-reactive ketones (excluding diaryl/α,β-unsaturated/α-hetero) is 1. The van der Waals surface area contributed by atoms with Crippen molar-refractivity contribution < 1.29 is 9.59 Å². The van der Waals surface area contributed by atoms with Crippen LogP contribution in [0.1, 0.15) is 23.7 Å². The first-order valence-corrected chi connectivity index (χ1v) is 9.74. The van der Waals surface area contributed by atoms with E-state index in [0.29, 0.717) is 17.2 Å². The quantitative estimate of drug-likeness (QED) is 0.495. The molecule has 1 N–H and O–H groups in total. The van der Waals surface area contributed by atoms with Crippen molar-refractivity contribution in [3.8, 4) is 11.3 Å². The third-order valence-corrected chi connectivity index (χ3v) is 5.21. The van der Waals surface area contributed by atoms with Crippen molar-refractivity contribution in [2.45, 2.75) is 19.9 Å². The van der Waals surface area contributed by atoms with Gasteiger partial charge in [0.2, 0.25) is 5.91 Å². The zero-order valence-corrected chi connectivity index (χ0v) is 16.1. The van der Waals surface area contributed by atoms with Crippen LogP contribution in [0.3, 0.4) is 0 Å². The minimum atomic E-state index is -0.116. The van der Waals surface area contributed by atoms with Crippen LogP contribution < -0.4 is 5.32 Å². The molecule has 0 unspecified atom stereocenters. The van der Waals surface area contributed by atoms with Gasteiger partial charge >= 0.3 is 0 Å². The Balaban J connectivity index is 1.44. The van der Waals surface area contributed by atoms with Crippen LogP contribution in [0.4, 0.5) is 5.13 Å². The number of aryl methyl sites for hydroxylation is 1. The van der Waals surface area contributed by atoms with Crippen molar-refractivity contribution in [2.75, 3.05) is 5.32 Å². The second kappa shape index (κ2) is 7.74. The predicted molar refractivity (Wildman–Crippen MR) is 111 cm³/mol. The molecule has 0 saturated carbocycles. The first-order valence-electron chi connectivity index (χ1n) is 8.86. The van der Waals surface area contributed by atoms with Gasteiger partial charge in [-0.2, -0.15) is 0 Å². The van der Waals surface area contributed by atoms with E-state index in [2.05, 4.69) is 15.3 Å². The van der Waals surface area contributed by atoms with E-state index in [1.165, 1.54) is 11.3 Å². The molecular weight excluding hydrogens is 372 g/mol. The number of nitrogens with one attached hydrogen (secondary N) is 1. The Bertz CT molecular complexity index is 1150. The van der Waals surface area contributed by atoms with E-state index in [-0.39, 0.29) is 18.1 Å². The summed E-state index contributed by atoms with van der Waals surface area (Å²) < 4.78 is 1.95. The predicted octanol–water partition coefficient (Wildman–Crippen LogP) is 4.39. The van der Waals surface area contributed by atoms with Gasteiger partial charge in [-0.05, 0) is 25.1 Å². The molecule has 0 bridgehead atoms. The molecule has 0 fully saturated rings. The summed E-state index contributed by atoms with van der Waals surface area (Å²) in [5.74, 6) is -0.0978. The molecule has 0 aliphatic heterocycles. The van der Waals surface area contributed by atoms with Crippen LogP contribution in [0.15, 0.2) is 60.4 Å². The van der Waals surface area contributed by atoms with Crippen molar-refractivity contribution in [3.05, 3.63) is 65.9 Å². The van der Waals surface area contributed by atoms with Crippen LogP contribution in [0.5, 0.6) is 0 Å². The molecule has 4 aromatic rings. The van der Waals surface area contributed by atoms with Gasteiger partial charge in [-0.3, -0.25) is 14.6 Å². The number of anilines is 1. The van der Waals surface area contributed by atoms with Crippen molar-refractivity contribution in [2.24, 2.45) is 0 Å². The summed E-state index contributed by atoms with van der Waals surface area (Å²) in [6, 6.07) is 11.5. The fourth-order valence-corrected chi connectivity index (χ4v) is 3.83. The number of para-hydroxylation sites is 1. The van der Waals surface area contributed by atoms with Crippen LogP contribution >= 0.6 is 11.3 Å². The zero-order valence-electron chi connectivity index (χ0n) is 15.3. The topological polar surface area (TPSA) is 76.9 Å². The fraction of sp³-hybridized carbons (Fsp3) is 0.143. The van der Waals surface area contributed by atoms with E-state index in [1.54, 1.807) is 19.3 Å². The molecule has 3 aromatic heterocycles. The van der Waals surface area contributed by atoms with Gasteiger partial charge in [0.15, 0.2) is 10.9 Å². The number of nitrogens with zero attached hydrogens (tertiary/aromatic N) is 3. The van der Waals surface area contributed by atoms with E-state index < -0.39 is 0 Å². The molecule has 0 spiro atoms. The van der Waals surface area contributed by atoms with E-state index in [1.807, 2.05) is 52.5 Å². The molecular formula is C21H18N4O2S. The minimum Gasteiger partial charge on any atom is -0.346 e. The molecule has 0 aliphatic carbocycles. The Morgan fingerprint density at radius 3 is 2.82 bits per heavy atom. The molecule has 0 atom stereocenters. The maximum atomic E-state index is 12.4. The number of ketones is 1. The number of fused-ring (bicyclic) bond motifs is 1. The molecule has 3 heterocycles. The second-order valence-electron chi connectivity index (χ2n) is 6.39. The third kappa shape index (κ3) is 3.70. The lowest BCUT2D eigenvalue weighted by molar-refractivity contribution is -0.116. The largest absolute Gasteiger partial charge is 0.346 e. The van der Waals surface area contributed by atoms with Gasteiger partial charge in [-0.25, -0.2) is 4.98 Å². The highest BCUT2D eigenvalue weighted by atomic mass is 32.1. The number of carbonyl (C=O) groups is 2. The molecule has 4 rings (SSSR count).